The Balaban J connectivity index is 1.09. The van der Waals surface area contributed by atoms with Crippen molar-refractivity contribution in [1.29, 1.82) is 0 Å². The molecule has 59 heavy (non-hydrogen) atoms. The van der Waals surface area contributed by atoms with E-state index in [2.05, 4.69) is 222 Å². The van der Waals surface area contributed by atoms with Crippen molar-refractivity contribution >= 4 is 54.7 Å². The first-order chi connectivity index (χ1) is 29.3. The first-order valence-corrected chi connectivity index (χ1v) is 20.5. The van der Waals surface area contributed by atoms with Crippen LogP contribution in [0, 0.1) is 0 Å². The van der Waals surface area contributed by atoms with Gasteiger partial charge in [-0.1, -0.05) is 164 Å². The van der Waals surface area contributed by atoms with Gasteiger partial charge in [-0.25, -0.2) is 0 Å². The summed E-state index contributed by atoms with van der Waals surface area (Å²) >= 11 is 0. The standard InChI is InChI=1S/C57H36N2/c1-2-16-38(17-3-1)59-53-29-15-12-23-44(53)49-35-37(31-33-54(49)59)58-36-30-32-52-48(34-36)42-21-5-4-18-39(42)43-22-10-13-27-50(43)57(52)51-28-14-11-26-47(51)55-45-24-8-6-19-40(45)41-20-7-9-25-46(41)56(55)57/h1-35,58H. The zero-order chi connectivity index (χ0) is 38.7. The molecule has 0 bridgehead atoms. The molecule has 0 amide bonds. The van der Waals surface area contributed by atoms with Gasteiger partial charge in [0.25, 0.3) is 0 Å². The predicted molar refractivity (Wildman–Crippen MR) is 247 cm³/mol. The van der Waals surface area contributed by atoms with E-state index in [1.807, 2.05) is 0 Å². The van der Waals surface area contributed by atoms with Gasteiger partial charge >= 0.3 is 0 Å². The molecular weight excluding hydrogens is 713 g/mol. The molecule has 0 saturated carbocycles. The minimum atomic E-state index is -0.586. The monoisotopic (exact) mass is 748 g/mol. The number of fused-ring (bicyclic) bond motifs is 20. The molecule has 1 spiro atoms. The number of aromatic nitrogens is 1. The number of para-hydroxylation sites is 2. The molecule has 1 heterocycles. The van der Waals surface area contributed by atoms with Crippen LogP contribution < -0.4 is 5.32 Å². The largest absolute Gasteiger partial charge is 0.355 e. The molecular formula is C57H36N2. The third-order valence-electron chi connectivity index (χ3n) is 13.1. The maximum Gasteiger partial charge on any atom is 0.0731 e. The molecule has 2 aliphatic rings. The lowest BCUT2D eigenvalue weighted by atomic mass is 9.64. The van der Waals surface area contributed by atoms with Gasteiger partial charge in [0.15, 0.2) is 0 Å². The van der Waals surface area contributed by atoms with Gasteiger partial charge in [-0.05, 0) is 126 Å². The highest BCUT2D eigenvalue weighted by atomic mass is 15.0. The highest BCUT2D eigenvalue weighted by molar-refractivity contribution is 6.20. The van der Waals surface area contributed by atoms with E-state index in [0.717, 1.165) is 17.1 Å². The first kappa shape index (κ1) is 32.4. The average molecular weight is 749 g/mol. The fraction of sp³-hybridized carbons (Fsp3) is 0.0175. The molecule has 2 nitrogen and oxygen atoms in total. The van der Waals surface area contributed by atoms with E-state index < -0.39 is 5.41 Å². The molecule has 2 aliphatic carbocycles. The summed E-state index contributed by atoms with van der Waals surface area (Å²) in [6, 6.07) is 78.8. The number of nitrogens with zero attached hydrogens (tertiary/aromatic N) is 1. The maximum absolute atomic E-state index is 3.89. The lowest BCUT2D eigenvalue weighted by Crippen LogP contribution is -2.29. The minimum absolute atomic E-state index is 0.586. The van der Waals surface area contributed by atoms with Crippen LogP contribution >= 0.6 is 0 Å². The molecule has 11 aromatic rings. The summed E-state index contributed by atoms with van der Waals surface area (Å²) in [6.07, 6.45) is 0. The van der Waals surface area contributed by atoms with Crippen molar-refractivity contribution < 1.29 is 0 Å². The molecule has 1 unspecified atom stereocenters. The van der Waals surface area contributed by atoms with Crippen LogP contribution in [0.2, 0.25) is 0 Å². The van der Waals surface area contributed by atoms with Crippen LogP contribution in [0.1, 0.15) is 22.3 Å². The normalized spacial score (nSPS) is 14.8. The van der Waals surface area contributed by atoms with E-state index in [1.165, 1.54) is 99.0 Å². The topological polar surface area (TPSA) is 17.0 Å². The Morgan fingerprint density at radius 1 is 0.322 bits per heavy atom. The van der Waals surface area contributed by atoms with E-state index in [1.54, 1.807) is 0 Å². The Bertz CT molecular complexity index is 3540. The number of anilines is 2. The lowest BCUT2D eigenvalue weighted by molar-refractivity contribution is 0.783. The van der Waals surface area contributed by atoms with Crippen molar-refractivity contribution in [3.63, 3.8) is 0 Å². The van der Waals surface area contributed by atoms with Crippen molar-refractivity contribution in [2.75, 3.05) is 5.32 Å². The van der Waals surface area contributed by atoms with Crippen molar-refractivity contribution in [1.82, 2.24) is 4.57 Å². The maximum atomic E-state index is 3.89. The number of nitrogens with one attached hydrogen (secondary N) is 1. The summed E-state index contributed by atoms with van der Waals surface area (Å²) in [6.45, 7) is 0. The Morgan fingerprint density at radius 2 is 0.831 bits per heavy atom. The van der Waals surface area contributed by atoms with Crippen molar-refractivity contribution in [3.8, 4) is 39.1 Å². The van der Waals surface area contributed by atoms with E-state index in [0.29, 0.717) is 0 Å². The van der Waals surface area contributed by atoms with Gasteiger partial charge in [-0.3, -0.25) is 0 Å². The number of rotatable bonds is 3. The lowest BCUT2D eigenvalue weighted by Gasteiger charge is -2.36. The van der Waals surface area contributed by atoms with Crippen LogP contribution in [-0.2, 0) is 5.41 Å². The Morgan fingerprint density at radius 3 is 1.61 bits per heavy atom. The van der Waals surface area contributed by atoms with Gasteiger partial charge in [0.2, 0.25) is 0 Å². The summed E-state index contributed by atoms with van der Waals surface area (Å²) in [7, 11) is 0. The first-order valence-electron chi connectivity index (χ1n) is 20.5. The van der Waals surface area contributed by atoms with Crippen LogP contribution in [0.3, 0.4) is 0 Å². The molecule has 0 saturated heterocycles. The second-order valence-electron chi connectivity index (χ2n) is 16.0. The number of hydrogen-bond acceptors (Lipinski definition) is 1. The van der Waals surface area contributed by atoms with Crippen molar-refractivity contribution in [2.24, 2.45) is 0 Å². The summed E-state index contributed by atoms with van der Waals surface area (Å²) < 4.78 is 2.37. The Kier molecular flexibility index (Phi) is 6.68. The van der Waals surface area contributed by atoms with Crippen LogP contribution in [0.4, 0.5) is 11.4 Å². The predicted octanol–water partition coefficient (Wildman–Crippen LogP) is 14.8. The Labute approximate surface area is 342 Å². The quantitative estimate of drug-likeness (QED) is 0.178. The third-order valence-corrected chi connectivity index (χ3v) is 13.1. The molecule has 1 aromatic heterocycles. The molecule has 2 heteroatoms. The second kappa shape index (κ2) is 12.2. The fourth-order valence-corrected chi connectivity index (χ4v) is 10.9. The van der Waals surface area contributed by atoms with E-state index in [9.17, 15) is 0 Å². The molecule has 0 radical (unpaired) electrons. The van der Waals surface area contributed by atoms with Gasteiger partial charge in [0, 0.05) is 27.8 Å². The third kappa shape index (κ3) is 4.35. The van der Waals surface area contributed by atoms with Gasteiger partial charge in [-0.15, -0.1) is 0 Å². The summed E-state index contributed by atoms with van der Waals surface area (Å²) in [4.78, 5) is 0. The van der Waals surface area contributed by atoms with Crippen LogP contribution in [0.5, 0.6) is 0 Å². The zero-order valence-electron chi connectivity index (χ0n) is 32.2. The molecule has 10 aromatic carbocycles. The average Bonchev–Trinajstić information content (AvgIpc) is 3.77. The van der Waals surface area contributed by atoms with E-state index in [-0.39, 0.29) is 0 Å². The highest BCUT2D eigenvalue weighted by Crippen LogP contribution is 2.64. The van der Waals surface area contributed by atoms with Crippen molar-refractivity contribution in [3.05, 3.63) is 235 Å². The summed E-state index contributed by atoms with van der Waals surface area (Å²) in [5.74, 6) is 0. The van der Waals surface area contributed by atoms with Crippen molar-refractivity contribution in [2.45, 2.75) is 5.41 Å². The molecule has 0 fully saturated rings. The smallest absolute Gasteiger partial charge is 0.0731 e. The molecule has 13 rings (SSSR count). The van der Waals surface area contributed by atoms with Crippen LogP contribution in [0.25, 0.3) is 82.4 Å². The summed E-state index contributed by atoms with van der Waals surface area (Å²) in [5.41, 5.74) is 18.1. The van der Waals surface area contributed by atoms with E-state index >= 15 is 0 Å². The van der Waals surface area contributed by atoms with Gasteiger partial charge in [0.05, 0.1) is 16.4 Å². The summed E-state index contributed by atoms with van der Waals surface area (Å²) in [5, 5.41) is 11.5. The van der Waals surface area contributed by atoms with Gasteiger partial charge < -0.3 is 9.88 Å². The van der Waals surface area contributed by atoms with Gasteiger partial charge in [-0.2, -0.15) is 0 Å². The molecule has 274 valence electrons. The zero-order valence-corrected chi connectivity index (χ0v) is 32.2. The van der Waals surface area contributed by atoms with Gasteiger partial charge in [0.1, 0.15) is 0 Å². The molecule has 1 N–H and O–H groups in total. The number of benzene rings is 10. The molecule has 0 aliphatic heterocycles. The highest BCUT2D eigenvalue weighted by Gasteiger charge is 2.51. The SMILES string of the molecule is c1ccc(-n2c3ccccc3c3cc(Nc4ccc5c(c4)-c4ccccc4-c4ccccc4C54c5ccccc5-c5c4c4ccccc4c4ccccc54)ccc32)cc1. The second-order valence-corrected chi connectivity index (χ2v) is 16.0. The van der Waals surface area contributed by atoms with E-state index in [4.69, 9.17) is 0 Å². The minimum Gasteiger partial charge on any atom is -0.355 e. The fourth-order valence-electron chi connectivity index (χ4n) is 10.9. The Hall–Kier alpha value is -7.68. The molecule has 1 atom stereocenters. The van der Waals surface area contributed by atoms with Crippen LogP contribution in [0.15, 0.2) is 212 Å². The number of hydrogen-bond donors (Lipinski definition) is 1. The van der Waals surface area contributed by atoms with Crippen LogP contribution in [-0.4, -0.2) is 4.57 Å².